The number of carbonyl (C=O) groups is 1. The van der Waals surface area contributed by atoms with Gasteiger partial charge in [-0.05, 0) is 48.7 Å². The number of β-amino-alcohol motifs (C(OH)–C–C–N with tert-alkyl or cyclic N) is 1. The van der Waals surface area contributed by atoms with Crippen LogP contribution in [0.2, 0.25) is 5.02 Å². The molecule has 28 heavy (non-hydrogen) atoms. The standard InChI is InChI=1S/C21H20ClN3O3/c1-11-9-12(2)20(27)15(10-11)17-16-18(24-23-17)21(28)25(7-8-26)19(16)13-3-5-14(22)6-4-13/h3-6,9-10,19,26-27H,7-8H2,1-2H3,(H,23,24). The van der Waals surface area contributed by atoms with Crippen molar-refractivity contribution in [3.63, 3.8) is 0 Å². The highest BCUT2D eigenvalue weighted by Crippen LogP contribution is 2.45. The van der Waals surface area contributed by atoms with Crippen LogP contribution >= 0.6 is 11.6 Å². The number of aromatic amines is 1. The number of aliphatic hydroxyl groups is 1. The second kappa shape index (κ2) is 6.96. The fraction of sp³-hybridized carbons (Fsp3) is 0.238. The Hall–Kier alpha value is -2.83. The summed E-state index contributed by atoms with van der Waals surface area (Å²) < 4.78 is 0. The van der Waals surface area contributed by atoms with Crippen molar-refractivity contribution in [2.75, 3.05) is 13.2 Å². The van der Waals surface area contributed by atoms with Crippen LogP contribution < -0.4 is 0 Å². The number of hydrogen-bond donors (Lipinski definition) is 3. The summed E-state index contributed by atoms with van der Waals surface area (Å²) in [5, 5.41) is 27.9. The van der Waals surface area contributed by atoms with Gasteiger partial charge in [0.1, 0.15) is 17.1 Å². The molecule has 0 saturated carbocycles. The van der Waals surface area contributed by atoms with Gasteiger partial charge in [-0.2, -0.15) is 5.10 Å². The molecule has 4 rings (SSSR count). The van der Waals surface area contributed by atoms with Gasteiger partial charge in [0, 0.05) is 22.7 Å². The summed E-state index contributed by atoms with van der Waals surface area (Å²) in [4.78, 5) is 14.6. The predicted molar refractivity (Wildman–Crippen MR) is 107 cm³/mol. The molecule has 0 bridgehead atoms. The van der Waals surface area contributed by atoms with E-state index in [1.807, 2.05) is 38.1 Å². The Morgan fingerprint density at radius 3 is 2.61 bits per heavy atom. The number of nitrogens with zero attached hydrogens (tertiary/aromatic N) is 2. The van der Waals surface area contributed by atoms with Crippen LogP contribution in [0.3, 0.4) is 0 Å². The Labute approximate surface area is 167 Å². The van der Waals surface area contributed by atoms with Crippen molar-refractivity contribution in [1.29, 1.82) is 0 Å². The molecule has 0 aliphatic carbocycles. The van der Waals surface area contributed by atoms with E-state index >= 15 is 0 Å². The lowest BCUT2D eigenvalue weighted by Gasteiger charge is -2.25. The highest BCUT2D eigenvalue weighted by Gasteiger charge is 2.42. The lowest BCUT2D eigenvalue weighted by molar-refractivity contribution is 0.0706. The minimum atomic E-state index is -0.430. The van der Waals surface area contributed by atoms with Crippen molar-refractivity contribution in [3.05, 3.63) is 69.4 Å². The SMILES string of the molecule is Cc1cc(C)c(O)c(-c2n[nH]c3c2C(c2ccc(Cl)cc2)N(CCO)C3=O)c1. The molecule has 2 aromatic carbocycles. The molecule has 3 aromatic rings. The van der Waals surface area contributed by atoms with Gasteiger partial charge in [-0.3, -0.25) is 9.89 Å². The van der Waals surface area contributed by atoms with Gasteiger partial charge in [-0.25, -0.2) is 0 Å². The van der Waals surface area contributed by atoms with E-state index < -0.39 is 6.04 Å². The van der Waals surface area contributed by atoms with E-state index in [2.05, 4.69) is 10.2 Å². The number of halogens is 1. The largest absolute Gasteiger partial charge is 0.507 e. The van der Waals surface area contributed by atoms with E-state index in [0.29, 0.717) is 27.5 Å². The Morgan fingerprint density at radius 1 is 1.21 bits per heavy atom. The van der Waals surface area contributed by atoms with Crippen LogP contribution in [0.5, 0.6) is 5.75 Å². The van der Waals surface area contributed by atoms with Crippen LogP contribution in [0.25, 0.3) is 11.3 Å². The van der Waals surface area contributed by atoms with Crippen molar-refractivity contribution in [2.45, 2.75) is 19.9 Å². The number of aromatic hydroxyl groups is 1. The molecule has 7 heteroatoms. The molecular weight excluding hydrogens is 378 g/mol. The summed E-state index contributed by atoms with van der Waals surface area (Å²) in [5.41, 5.74) is 4.77. The molecule has 1 atom stereocenters. The van der Waals surface area contributed by atoms with Gasteiger partial charge in [0.05, 0.1) is 12.6 Å². The van der Waals surface area contributed by atoms with Crippen LogP contribution in [-0.2, 0) is 0 Å². The smallest absolute Gasteiger partial charge is 0.273 e. The van der Waals surface area contributed by atoms with E-state index in [1.165, 1.54) is 0 Å². The molecule has 0 radical (unpaired) electrons. The van der Waals surface area contributed by atoms with Crippen LogP contribution in [0, 0.1) is 13.8 Å². The zero-order valence-corrected chi connectivity index (χ0v) is 16.3. The first-order valence-corrected chi connectivity index (χ1v) is 9.36. The summed E-state index contributed by atoms with van der Waals surface area (Å²) in [6.45, 7) is 3.81. The number of fused-ring (bicyclic) bond motifs is 1. The van der Waals surface area contributed by atoms with E-state index in [-0.39, 0.29) is 24.8 Å². The summed E-state index contributed by atoms with van der Waals surface area (Å²) in [7, 11) is 0. The normalized spacial score (nSPS) is 15.9. The van der Waals surface area contributed by atoms with Crippen molar-refractivity contribution in [2.24, 2.45) is 0 Å². The predicted octanol–water partition coefficient (Wildman–Crippen LogP) is 3.59. The summed E-state index contributed by atoms with van der Waals surface area (Å²) >= 11 is 6.03. The maximum absolute atomic E-state index is 13.0. The molecule has 144 valence electrons. The zero-order valence-electron chi connectivity index (χ0n) is 15.5. The van der Waals surface area contributed by atoms with Gasteiger partial charge in [-0.1, -0.05) is 29.8 Å². The van der Waals surface area contributed by atoms with Crippen LogP contribution in [0.1, 0.15) is 38.8 Å². The minimum Gasteiger partial charge on any atom is -0.507 e. The van der Waals surface area contributed by atoms with Gasteiger partial charge in [-0.15, -0.1) is 0 Å². The highest BCUT2D eigenvalue weighted by molar-refractivity contribution is 6.30. The number of phenols is 1. The van der Waals surface area contributed by atoms with E-state index in [1.54, 1.807) is 17.0 Å². The molecule has 1 aromatic heterocycles. The van der Waals surface area contributed by atoms with Crippen molar-refractivity contribution < 1.29 is 15.0 Å². The third kappa shape index (κ3) is 2.85. The Bertz CT molecular complexity index is 1060. The summed E-state index contributed by atoms with van der Waals surface area (Å²) in [6.07, 6.45) is 0. The number of H-pyrrole nitrogens is 1. The second-order valence-corrected chi connectivity index (χ2v) is 7.45. The molecule has 0 spiro atoms. The zero-order chi connectivity index (χ0) is 20.0. The number of aryl methyl sites for hydroxylation is 2. The minimum absolute atomic E-state index is 0.141. The molecule has 2 heterocycles. The molecule has 1 amide bonds. The molecule has 1 aliphatic rings. The molecule has 3 N–H and O–H groups in total. The first-order valence-electron chi connectivity index (χ1n) is 8.98. The Morgan fingerprint density at radius 2 is 1.93 bits per heavy atom. The lowest BCUT2D eigenvalue weighted by Crippen LogP contribution is -2.32. The highest BCUT2D eigenvalue weighted by atomic mass is 35.5. The van der Waals surface area contributed by atoms with E-state index in [4.69, 9.17) is 11.6 Å². The lowest BCUT2D eigenvalue weighted by atomic mass is 9.94. The maximum atomic E-state index is 13.0. The third-order valence-electron chi connectivity index (χ3n) is 5.09. The number of aromatic nitrogens is 2. The van der Waals surface area contributed by atoms with Gasteiger partial charge in [0.2, 0.25) is 0 Å². The number of phenolic OH excluding ortho intramolecular Hbond substituents is 1. The first-order chi connectivity index (χ1) is 13.4. The second-order valence-electron chi connectivity index (χ2n) is 7.02. The number of hydrogen-bond acceptors (Lipinski definition) is 4. The first kappa shape index (κ1) is 18.5. The van der Waals surface area contributed by atoms with Crippen LogP contribution in [0.15, 0.2) is 36.4 Å². The Kier molecular flexibility index (Phi) is 4.61. The number of carbonyl (C=O) groups excluding carboxylic acids is 1. The molecule has 0 saturated heterocycles. The number of aliphatic hydroxyl groups excluding tert-OH is 1. The number of benzene rings is 2. The van der Waals surface area contributed by atoms with Gasteiger partial charge in [0.15, 0.2) is 0 Å². The molecule has 0 fully saturated rings. The van der Waals surface area contributed by atoms with Gasteiger partial charge < -0.3 is 15.1 Å². The maximum Gasteiger partial charge on any atom is 0.273 e. The molecule has 1 aliphatic heterocycles. The average molecular weight is 398 g/mol. The van der Waals surface area contributed by atoms with Gasteiger partial charge in [0.25, 0.3) is 5.91 Å². The number of rotatable bonds is 4. The Balaban J connectivity index is 1.94. The summed E-state index contributed by atoms with van der Waals surface area (Å²) in [5.74, 6) is -0.0885. The van der Waals surface area contributed by atoms with E-state index in [9.17, 15) is 15.0 Å². The molecular formula is C21H20ClN3O3. The quantitative estimate of drug-likeness (QED) is 0.627. The van der Waals surface area contributed by atoms with Crippen molar-refractivity contribution in [3.8, 4) is 17.0 Å². The topological polar surface area (TPSA) is 89.5 Å². The molecule has 6 nitrogen and oxygen atoms in total. The monoisotopic (exact) mass is 397 g/mol. The van der Waals surface area contributed by atoms with Crippen LogP contribution in [0.4, 0.5) is 0 Å². The number of nitrogens with one attached hydrogen (secondary N) is 1. The average Bonchev–Trinajstić information content (AvgIpc) is 3.19. The fourth-order valence-corrected chi connectivity index (χ4v) is 4.00. The van der Waals surface area contributed by atoms with Gasteiger partial charge >= 0.3 is 0 Å². The molecule has 1 unspecified atom stereocenters. The van der Waals surface area contributed by atoms with Crippen LogP contribution in [-0.4, -0.2) is 44.4 Å². The van der Waals surface area contributed by atoms with Crippen molar-refractivity contribution >= 4 is 17.5 Å². The fourth-order valence-electron chi connectivity index (χ4n) is 3.87. The van der Waals surface area contributed by atoms with Crippen molar-refractivity contribution in [1.82, 2.24) is 15.1 Å². The summed E-state index contributed by atoms with van der Waals surface area (Å²) in [6, 6.07) is 10.6. The number of amides is 1. The van der Waals surface area contributed by atoms with E-state index in [0.717, 1.165) is 16.7 Å². The third-order valence-corrected chi connectivity index (χ3v) is 5.34.